The van der Waals surface area contributed by atoms with Crippen LogP contribution in [0.5, 0.6) is 0 Å². The van der Waals surface area contributed by atoms with Crippen LogP contribution in [0, 0.1) is 0 Å². The molecule has 0 spiro atoms. The number of aliphatic hydroxyl groups excluding tert-OH is 1. The number of hydrogen-bond acceptors (Lipinski definition) is 4. The van der Waals surface area contributed by atoms with Crippen LogP contribution in [0.2, 0.25) is 0 Å². The minimum absolute atomic E-state index is 0.277. The number of hydrogen-bond donors (Lipinski definition) is 1. The molecule has 0 aromatic rings. The van der Waals surface area contributed by atoms with Gasteiger partial charge in [0.2, 0.25) is 5.78 Å². The summed E-state index contributed by atoms with van der Waals surface area (Å²) in [6, 6.07) is 0. The van der Waals surface area contributed by atoms with Crippen molar-refractivity contribution < 1.29 is 9.90 Å². The number of carbonyl (C=O) groups excluding carboxylic acids is 1. The van der Waals surface area contributed by atoms with Gasteiger partial charge in [0.25, 0.3) is 0 Å². The van der Waals surface area contributed by atoms with Gasteiger partial charge < -0.3 is 10.1 Å². The minimum Gasteiger partial charge on any atom is -0.370 e. The summed E-state index contributed by atoms with van der Waals surface area (Å²) in [6.07, 6.45) is 1.94. The number of carbonyl (C=O) groups is 1. The second-order valence-electron chi connectivity index (χ2n) is 2.24. The van der Waals surface area contributed by atoms with Gasteiger partial charge in [-0.1, -0.05) is 0 Å². The highest BCUT2D eigenvalue weighted by molar-refractivity contribution is 5.93. The van der Waals surface area contributed by atoms with Crippen LogP contribution >= 0.6 is 0 Å². The Labute approximate surface area is 59.3 Å². The fourth-order valence-corrected chi connectivity index (χ4v) is 0.729. The van der Waals surface area contributed by atoms with Crippen molar-refractivity contribution in [3.63, 3.8) is 0 Å². The third kappa shape index (κ3) is 1.03. The summed E-state index contributed by atoms with van der Waals surface area (Å²) in [7, 11) is 3.40. The number of hydrazine groups is 1. The second kappa shape index (κ2) is 2.40. The van der Waals surface area contributed by atoms with Crippen molar-refractivity contribution in [2.75, 3.05) is 14.1 Å². The predicted molar refractivity (Wildman–Crippen MR) is 35.7 cm³/mol. The van der Waals surface area contributed by atoms with E-state index in [1.54, 1.807) is 25.3 Å². The molecule has 0 aromatic heterocycles. The summed E-state index contributed by atoms with van der Waals surface area (Å²) < 4.78 is 0. The Balaban J connectivity index is 2.79. The smallest absolute Gasteiger partial charge is 0.202 e. The average molecular weight is 142 g/mol. The molecule has 1 unspecified atom stereocenters. The lowest BCUT2D eigenvalue weighted by atomic mass is 10.3. The first kappa shape index (κ1) is 7.24. The highest BCUT2D eigenvalue weighted by Gasteiger charge is 2.23. The maximum Gasteiger partial charge on any atom is 0.202 e. The molecule has 0 fully saturated rings. The summed E-state index contributed by atoms with van der Waals surface area (Å²) in [5, 5.41) is 12.2. The van der Waals surface area contributed by atoms with Gasteiger partial charge in [0.15, 0.2) is 6.23 Å². The van der Waals surface area contributed by atoms with Crippen molar-refractivity contribution in [3.05, 3.63) is 12.3 Å². The van der Waals surface area contributed by atoms with Gasteiger partial charge in [-0.05, 0) is 0 Å². The number of ketones is 1. The fourth-order valence-electron chi connectivity index (χ4n) is 0.729. The molecule has 4 heteroatoms. The molecule has 10 heavy (non-hydrogen) atoms. The van der Waals surface area contributed by atoms with Gasteiger partial charge >= 0.3 is 0 Å². The number of nitrogens with zero attached hydrogens (tertiary/aromatic N) is 2. The van der Waals surface area contributed by atoms with E-state index in [9.17, 15) is 4.79 Å². The Morgan fingerprint density at radius 2 is 2.20 bits per heavy atom. The minimum atomic E-state index is -1.02. The first-order chi connectivity index (χ1) is 4.63. The maximum atomic E-state index is 10.7. The van der Waals surface area contributed by atoms with Crippen LogP contribution in [0.15, 0.2) is 12.3 Å². The van der Waals surface area contributed by atoms with Crippen LogP contribution in [-0.2, 0) is 4.79 Å². The van der Waals surface area contributed by atoms with Crippen LogP contribution in [-0.4, -0.2) is 41.2 Å². The lowest BCUT2D eigenvalue weighted by Gasteiger charge is -2.32. The van der Waals surface area contributed by atoms with E-state index >= 15 is 0 Å². The van der Waals surface area contributed by atoms with Crippen molar-refractivity contribution in [2.24, 2.45) is 0 Å². The zero-order valence-electron chi connectivity index (χ0n) is 5.98. The van der Waals surface area contributed by atoms with Gasteiger partial charge in [-0.2, -0.15) is 5.01 Å². The van der Waals surface area contributed by atoms with Gasteiger partial charge in [-0.3, -0.25) is 4.79 Å². The Hall–Kier alpha value is -0.870. The molecular weight excluding hydrogens is 132 g/mol. The maximum absolute atomic E-state index is 10.7. The Morgan fingerprint density at radius 3 is 2.70 bits per heavy atom. The normalized spacial score (nSPS) is 27.7. The van der Waals surface area contributed by atoms with Crippen molar-refractivity contribution in [2.45, 2.75) is 6.23 Å². The molecule has 1 rings (SSSR count). The zero-order chi connectivity index (χ0) is 7.72. The van der Waals surface area contributed by atoms with Crippen LogP contribution in [0.3, 0.4) is 0 Å². The summed E-state index contributed by atoms with van der Waals surface area (Å²) in [5.74, 6) is -0.277. The van der Waals surface area contributed by atoms with Crippen molar-refractivity contribution >= 4 is 5.78 Å². The number of likely N-dealkylation sites (N-methyl/N-ethyl adjacent to an activating group) is 1. The first-order valence-electron chi connectivity index (χ1n) is 2.98. The van der Waals surface area contributed by atoms with E-state index in [2.05, 4.69) is 0 Å². The molecule has 1 heterocycles. The summed E-state index contributed by atoms with van der Waals surface area (Å²) in [5.41, 5.74) is 0. The number of aliphatic hydroxyl groups is 1. The molecule has 0 radical (unpaired) electrons. The second-order valence-corrected chi connectivity index (χ2v) is 2.24. The zero-order valence-corrected chi connectivity index (χ0v) is 5.98. The molecule has 0 saturated heterocycles. The lowest BCUT2D eigenvalue weighted by Crippen LogP contribution is -2.47. The van der Waals surface area contributed by atoms with E-state index in [0.29, 0.717) is 0 Å². The summed E-state index contributed by atoms with van der Waals surface area (Å²) >= 11 is 0. The van der Waals surface area contributed by atoms with E-state index < -0.39 is 6.23 Å². The molecule has 0 saturated carbocycles. The molecule has 0 aromatic carbocycles. The van der Waals surface area contributed by atoms with Gasteiger partial charge in [0.05, 0.1) is 0 Å². The fraction of sp³-hybridized carbons (Fsp3) is 0.500. The van der Waals surface area contributed by atoms with Crippen LogP contribution in [0.25, 0.3) is 0 Å². The molecule has 4 nitrogen and oxygen atoms in total. The monoisotopic (exact) mass is 142 g/mol. The third-order valence-corrected chi connectivity index (χ3v) is 1.56. The lowest BCUT2D eigenvalue weighted by molar-refractivity contribution is -0.147. The van der Waals surface area contributed by atoms with Gasteiger partial charge in [0, 0.05) is 26.4 Å². The summed E-state index contributed by atoms with van der Waals surface area (Å²) in [6.45, 7) is 0. The molecular formula is C6H10N2O2. The van der Waals surface area contributed by atoms with Crippen molar-refractivity contribution in [3.8, 4) is 0 Å². The molecule has 1 atom stereocenters. The largest absolute Gasteiger partial charge is 0.370 e. The highest BCUT2D eigenvalue weighted by atomic mass is 16.3. The first-order valence-corrected chi connectivity index (χ1v) is 2.98. The molecule has 0 amide bonds. The molecule has 1 N–H and O–H groups in total. The van der Waals surface area contributed by atoms with Crippen LogP contribution < -0.4 is 0 Å². The molecule has 56 valence electrons. The van der Waals surface area contributed by atoms with E-state index in [1.807, 2.05) is 0 Å². The van der Waals surface area contributed by atoms with Crippen LogP contribution in [0.4, 0.5) is 0 Å². The standard InChI is InChI=1S/C6H10N2O2/c1-7-4-3-5(9)6(10)8(7)2/h3-4,6,10H,1-2H3. The predicted octanol–water partition coefficient (Wildman–Crippen LogP) is -0.820. The van der Waals surface area contributed by atoms with Gasteiger partial charge in [-0.25, -0.2) is 0 Å². The van der Waals surface area contributed by atoms with E-state index in [4.69, 9.17) is 5.11 Å². The van der Waals surface area contributed by atoms with Crippen LogP contribution in [0.1, 0.15) is 0 Å². The average Bonchev–Trinajstić information content (AvgIpc) is 1.93. The Bertz CT molecular complexity index is 179. The Morgan fingerprint density at radius 1 is 1.60 bits per heavy atom. The molecule has 1 aliphatic heterocycles. The third-order valence-electron chi connectivity index (χ3n) is 1.56. The molecule has 0 bridgehead atoms. The van der Waals surface area contributed by atoms with Gasteiger partial charge in [-0.15, -0.1) is 0 Å². The van der Waals surface area contributed by atoms with Crippen molar-refractivity contribution in [1.29, 1.82) is 0 Å². The SMILES string of the molecule is CN1C=CC(=O)C(O)N1C. The van der Waals surface area contributed by atoms with E-state index in [-0.39, 0.29) is 5.78 Å². The van der Waals surface area contributed by atoms with Gasteiger partial charge in [0.1, 0.15) is 0 Å². The molecule has 1 aliphatic rings. The highest BCUT2D eigenvalue weighted by Crippen LogP contribution is 2.05. The summed E-state index contributed by atoms with van der Waals surface area (Å²) in [4.78, 5) is 10.7. The molecule has 0 aliphatic carbocycles. The van der Waals surface area contributed by atoms with E-state index in [1.165, 1.54) is 11.1 Å². The number of rotatable bonds is 0. The van der Waals surface area contributed by atoms with Crippen molar-refractivity contribution in [1.82, 2.24) is 10.0 Å². The topological polar surface area (TPSA) is 43.8 Å². The quantitative estimate of drug-likeness (QED) is 0.480. The Kier molecular flexibility index (Phi) is 1.74. The van der Waals surface area contributed by atoms with E-state index in [0.717, 1.165) is 0 Å².